The minimum absolute atomic E-state index is 0.0779. The van der Waals surface area contributed by atoms with Gasteiger partial charge in [0, 0.05) is 25.7 Å². The number of hydrogen-bond acceptors (Lipinski definition) is 15. The second-order valence-corrected chi connectivity index (χ2v) is 29.9. The van der Waals surface area contributed by atoms with Crippen LogP contribution in [0, 0.1) is 0 Å². The highest BCUT2D eigenvalue weighted by Gasteiger charge is 2.30. The molecule has 5 atom stereocenters. The number of carbonyl (C=O) groups excluding carboxylic acids is 4. The molecule has 100 heavy (non-hydrogen) atoms. The van der Waals surface area contributed by atoms with E-state index in [9.17, 15) is 43.2 Å². The first-order chi connectivity index (χ1) is 48.7. The maximum Gasteiger partial charge on any atom is 0.472 e. The van der Waals surface area contributed by atoms with Crippen molar-refractivity contribution in [3.8, 4) is 0 Å². The maximum absolute atomic E-state index is 13.1. The minimum Gasteiger partial charge on any atom is -0.462 e. The van der Waals surface area contributed by atoms with Gasteiger partial charge in [-0.25, -0.2) is 9.13 Å². The highest BCUT2D eigenvalue weighted by atomic mass is 31.2. The van der Waals surface area contributed by atoms with Crippen LogP contribution in [0.3, 0.4) is 0 Å². The number of esters is 4. The van der Waals surface area contributed by atoms with Crippen molar-refractivity contribution in [2.24, 2.45) is 0 Å². The molecule has 19 heteroatoms. The average Bonchev–Trinajstić information content (AvgIpc) is 1.01. The Morgan fingerprint density at radius 3 is 0.770 bits per heavy atom. The van der Waals surface area contributed by atoms with Crippen LogP contribution in [0.4, 0.5) is 0 Å². The number of allylic oxidation sites excluding steroid dienone is 12. The Hall–Kier alpha value is -3.50. The summed E-state index contributed by atoms with van der Waals surface area (Å²) in [6.07, 6.45) is 74.4. The van der Waals surface area contributed by atoms with Gasteiger partial charge in [0.2, 0.25) is 0 Å². The first-order valence-electron chi connectivity index (χ1n) is 40.2. The van der Waals surface area contributed by atoms with Crippen LogP contribution >= 0.6 is 15.6 Å². The number of phosphoric acid groups is 2. The Bertz CT molecular complexity index is 2180. The molecule has 0 bridgehead atoms. The zero-order chi connectivity index (χ0) is 73.2. The van der Waals surface area contributed by atoms with Crippen LogP contribution in [0.1, 0.15) is 362 Å². The zero-order valence-corrected chi connectivity index (χ0v) is 65.4. The van der Waals surface area contributed by atoms with Gasteiger partial charge >= 0.3 is 39.5 Å². The predicted molar refractivity (Wildman–Crippen MR) is 409 cm³/mol. The van der Waals surface area contributed by atoms with Gasteiger partial charge in [-0.1, -0.05) is 268 Å². The summed E-state index contributed by atoms with van der Waals surface area (Å²) in [5, 5.41) is 10.6. The number of aliphatic hydroxyl groups is 1. The molecule has 0 heterocycles. The van der Waals surface area contributed by atoms with Gasteiger partial charge in [-0.2, -0.15) is 0 Å². The summed E-state index contributed by atoms with van der Waals surface area (Å²) in [7, 11) is -9.96. The van der Waals surface area contributed by atoms with E-state index in [1.54, 1.807) is 0 Å². The Labute approximate surface area is 609 Å². The lowest BCUT2D eigenvalue weighted by atomic mass is 10.1. The molecule has 0 saturated heterocycles. The molecular weight excluding hydrogens is 1310 g/mol. The van der Waals surface area contributed by atoms with Crippen LogP contribution in [0.5, 0.6) is 0 Å². The van der Waals surface area contributed by atoms with Crippen molar-refractivity contribution in [3.63, 3.8) is 0 Å². The van der Waals surface area contributed by atoms with Crippen LogP contribution in [-0.4, -0.2) is 96.7 Å². The topological polar surface area (TPSA) is 237 Å². The number of unbranched alkanes of at least 4 members (excludes halogenated alkanes) is 38. The molecule has 0 aliphatic carbocycles. The minimum atomic E-state index is -4.98. The Balaban J connectivity index is 5.37. The zero-order valence-electron chi connectivity index (χ0n) is 63.6. The van der Waals surface area contributed by atoms with E-state index in [0.717, 1.165) is 167 Å². The normalized spacial score (nSPS) is 14.3. The molecule has 0 saturated carbocycles. The number of rotatable bonds is 76. The first-order valence-corrected chi connectivity index (χ1v) is 43.2. The lowest BCUT2D eigenvalue weighted by Crippen LogP contribution is -2.30. The summed E-state index contributed by atoms with van der Waals surface area (Å²) in [6, 6.07) is 0. The molecule has 0 radical (unpaired) electrons. The summed E-state index contributed by atoms with van der Waals surface area (Å²) in [5.74, 6) is -2.20. The molecule has 0 aromatic carbocycles. The van der Waals surface area contributed by atoms with Gasteiger partial charge in [0.15, 0.2) is 12.2 Å². The van der Waals surface area contributed by atoms with E-state index in [1.165, 1.54) is 116 Å². The summed E-state index contributed by atoms with van der Waals surface area (Å²) < 4.78 is 68.6. The smallest absolute Gasteiger partial charge is 0.462 e. The molecule has 2 unspecified atom stereocenters. The molecule has 0 rings (SSSR count). The third-order valence-electron chi connectivity index (χ3n) is 17.1. The van der Waals surface area contributed by atoms with Crippen molar-refractivity contribution >= 4 is 39.5 Å². The van der Waals surface area contributed by atoms with E-state index in [2.05, 4.69) is 101 Å². The van der Waals surface area contributed by atoms with E-state index >= 15 is 0 Å². The molecule has 0 amide bonds. The van der Waals surface area contributed by atoms with E-state index in [1.807, 2.05) is 0 Å². The number of aliphatic hydroxyl groups excluding tert-OH is 1. The Morgan fingerprint density at radius 2 is 0.490 bits per heavy atom. The van der Waals surface area contributed by atoms with Gasteiger partial charge in [-0.3, -0.25) is 37.3 Å². The standard InChI is InChI=1S/C81H146O17P2/c1-5-9-13-17-21-25-29-33-37-41-45-49-53-57-61-65-78(83)91-71-76(97-80(85)67-63-59-55-51-47-43-39-35-31-27-23-19-15-11-7-3)73-95-99(87,88)93-69-75(82)70-94-100(89,90)96-74-77(98-81(86)68-64-60-56-52-48-44-40-36-32-28-24-20-16-12-8-4)72-92-79(84)66-62-58-54-50-46-42-38-34-30-26-22-18-14-10-6-2/h21,23,25,27,33-40,75-77,82H,5-20,22,24,26,28-32,41-74H2,1-4H3,(H,87,88)(H,89,90)/b25-21+,27-23+,37-33+,38-34+,39-35+,40-36+/t75-,76-,77-/m1/s1. The lowest BCUT2D eigenvalue weighted by molar-refractivity contribution is -0.161. The average molecular weight is 1450 g/mol. The summed E-state index contributed by atoms with van der Waals surface area (Å²) in [5.41, 5.74) is 0. The molecular formula is C81H146O17P2. The number of carbonyl (C=O) groups is 4. The molecule has 17 nitrogen and oxygen atoms in total. The molecule has 0 aliphatic rings. The number of hydrogen-bond donors (Lipinski definition) is 3. The highest BCUT2D eigenvalue weighted by molar-refractivity contribution is 7.47. The summed E-state index contributed by atoms with van der Waals surface area (Å²) >= 11 is 0. The third kappa shape index (κ3) is 72.8. The fraction of sp³-hybridized carbons (Fsp3) is 0.802. The molecule has 582 valence electrons. The second kappa shape index (κ2) is 73.8. The van der Waals surface area contributed by atoms with Crippen molar-refractivity contribution < 1.29 is 80.2 Å². The maximum atomic E-state index is 13.1. The van der Waals surface area contributed by atoms with E-state index in [0.29, 0.717) is 25.7 Å². The Morgan fingerprint density at radius 1 is 0.280 bits per heavy atom. The first kappa shape index (κ1) is 96.5. The molecule has 0 aliphatic heterocycles. The van der Waals surface area contributed by atoms with Crippen molar-refractivity contribution in [1.82, 2.24) is 0 Å². The van der Waals surface area contributed by atoms with Crippen LogP contribution in [0.2, 0.25) is 0 Å². The van der Waals surface area contributed by atoms with Crippen LogP contribution in [-0.2, 0) is 65.4 Å². The monoisotopic (exact) mass is 1450 g/mol. The highest BCUT2D eigenvalue weighted by Crippen LogP contribution is 2.45. The van der Waals surface area contributed by atoms with Gasteiger partial charge < -0.3 is 33.8 Å². The van der Waals surface area contributed by atoms with Crippen molar-refractivity contribution in [2.75, 3.05) is 39.6 Å². The van der Waals surface area contributed by atoms with E-state index in [4.69, 9.17) is 37.0 Å². The fourth-order valence-corrected chi connectivity index (χ4v) is 12.5. The van der Waals surface area contributed by atoms with E-state index in [-0.39, 0.29) is 25.7 Å². The van der Waals surface area contributed by atoms with Crippen molar-refractivity contribution in [3.05, 3.63) is 72.9 Å². The van der Waals surface area contributed by atoms with Crippen LogP contribution < -0.4 is 0 Å². The second-order valence-electron chi connectivity index (χ2n) is 27.0. The molecule has 0 fully saturated rings. The molecule has 0 aromatic heterocycles. The number of phosphoric ester groups is 2. The van der Waals surface area contributed by atoms with Gasteiger partial charge in [0.25, 0.3) is 0 Å². The Kier molecular flexibility index (Phi) is 71.2. The van der Waals surface area contributed by atoms with E-state index < -0.39 is 97.5 Å². The van der Waals surface area contributed by atoms with Crippen molar-refractivity contribution in [1.29, 1.82) is 0 Å². The number of ether oxygens (including phenoxy) is 4. The van der Waals surface area contributed by atoms with Gasteiger partial charge in [-0.05, 0) is 141 Å². The quantitative estimate of drug-likeness (QED) is 0.0169. The van der Waals surface area contributed by atoms with Crippen molar-refractivity contribution in [2.45, 2.75) is 380 Å². The summed E-state index contributed by atoms with van der Waals surface area (Å²) in [6.45, 7) is 4.82. The van der Waals surface area contributed by atoms with Gasteiger partial charge in [0.05, 0.1) is 26.4 Å². The van der Waals surface area contributed by atoms with Gasteiger partial charge in [0.1, 0.15) is 19.3 Å². The van der Waals surface area contributed by atoms with Crippen LogP contribution in [0.25, 0.3) is 0 Å². The molecule has 0 spiro atoms. The molecule has 3 N–H and O–H groups in total. The lowest BCUT2D eigenvalue weighted by Gasteiger charge is -2.21. The van der Waals surface area contributed by atoms with Gasteiger partial charge in [-0.15, -0.1) is 0 Å². The predicted octanol–water partition coefficient (Wildman–Crippen LogP) is 23.2. The SMILES string of the molecule is CCCCC/C=C/C/C=C/CCCCCCCC(=O)OC[C@H](COP(=O)(O)OC[C@@H](O)COP(=O)(O)OC[C@@H](COC(=O)CCCCCCC/C=C/CCCCCCCC)OC(=O)CCCCCCC/C=C/CCCCCCCC)OC(=O)CCCCCCC/C=C/C/C=C/CCCCC. The largest absolute Gasteiger partial charge is 0.472 e. The fourth-order valence-electron chi connectivity index (χ4n) is 10.9. The third-order valence-corrected chi connectivity index (χ3v) is 19.0. The molecule has 0 aromatic rings. The summed E-state index contributed by atoms with van der Waals surface area (Å²) in [4.78, 5) is 73.0. The van der Waals surface area contributed by atoms with Crippen LogP contribution in [0.15, 0.2) is 72.9 Å².